The zero-order chi connectivity index (χ0) is 27.2. The fourth-order valence-corrected chi connectivity index (χ4v) is 5.79. The molecule has 1 saturated carbocycles. The predicted octanol–water partition coefficient (Wildman–Crippen LogP) is 2.65. The summed E-state index contributed by atoms with van der Waals surface area (Å²) >= 11 is 0. The van der Waals surface area contributed by atoms with Gasteiger partial charge in [0.15, 0.2) is 5.60 Å². The van der Waals surface area contributed by atoms with E-state index in [1.807, 2.05) is 43.1 Å². The molecule has 39 heavy (non-hydrogen) atoms. The number of piperazine rings is 1. The highest BCUT2D eigenvalue weighted by Gasteiger charge is 2.58. The van der Waals surface area contributed by atoms with E-state index in [-0.39, 0.29) is 17.8 Å². The predicted molar refractivity (Wildman–Crippen MR) is 139 cm³/mol. The molecule has 11 nitrogen and oxygen atoms in total. The highest BCUT2D eigenvalue weighted by Crippen LogP contribution is 2.52. The molecule has 2 aromatic rings. The van der Waals surface area contributed by atoms with E-state index in [0.29, 0.717) is 57.9 Å². The molecule has 3 aliphatic heterocycles. The van der Waals surface area contributed by atoms with Gasteiger partial charge in [0, 0.05) is 50.2 Å². The number of anilines is 1. The molecule has 5 heterocycles. The van der Waals surface area contributed by atoms with Gasteiger partial charge >= 0.3 is 12.1 Å². The van der Waals surface area contributed by atoms with Gasteiger partial charge < -0.3 is 24.1 Å². The van der Waals surface area contributed by atoms with Crippen LogP contribution >= 0.6 is 0 Å². The second-order valence-electron chi connectivity index (χ2n) is 11.2. The number of nitrogens with zero attached hydrogens (tertiary/aromatic N) is 5. The molecule has 0 aromatic carbocycles. The highest BCUT2D eigenvalue weighted by molar-refractivity contribution is 5.95. The maximum atomic E-state index is 13.7. The Morgan fingerprint density at radius 3 is 2.54 bits per heavy atom. The van der Waals surface area contributed by atoms with Gasteiger partial charge in [-0.25, -0.2) is 14.6 Å². The summed E-state index contributed by atoms with van der Waals surface area (Å²) in [5.74, 6) is 0.782. The van der Waals surface area contributed by atoms with Gasteiger partial charge in [-0.3, -0.25) is 9.78 Å². The van der Waals surface area contributed by atoms with Crippen molar-refractivity contribution in [3.63, 3.8) is 0 Å². The van der Waals surface area contributed by atoms with Crippen LogP contribution in [0.1, 0.15) is 54.6 Å². The molecule has 4 aliphatic rings. The quantitative estimate of drug-likeness (QED) is 0.512. The summed E-state index contributed by atoms with van der Waals surface area (Å²) in [4.78, 5) is 56.0. The Labute approximate surface area is 227 Å². The van der Waals surface area contributed by atoms with E-state index in [1.165, 1.54) is 0 Å². The van der Waals surface area contributed by atoms with Crippen LogP contribution in [-0.2, 0) is 30.1 Å². The van der Waals surface area contributed by atoms with E-state index in [9.17, 15) is 14.4 Å². The van der Waals surface area contributed by atoms with Gasteiger partial charge in [0.05, 0.1) is 37.2 Å². The lowest BCUT2D eigenvalue weighted by Gasteiger charge is -2.33. The van der Waals surface area contributed by atoms with Gasteiger partial charge in [-0.2, -0.15) is 0 Å². The molecule has 0 radical (unpaired) electrons. The standard InChI is InChI=1S/C28H33N5O6/c1-19(2)17-37-26(36)39-33-13-11-31(12-14-33)23-4-3-20(15-30-23)27(6-7-27)25(35)32-10-8-28(18-32)22-5-9-29-16-21(22)24(34)38-28/h3-5,9,15-16,19H,6-8,10-14,17-18H2,1-2H3. The third-order valence-corrected chi connectivity index (χ3v) is 8.10. The number of hydroxylamine groups is 2. The fraction of sp³-hybridized carbons (Fsp3) is 0.536. The Morgan fingerprint density at radius 2 is 1.85 bits per heavy atom. The summed E-state index contributed by atoms with van der Waals surface area (Å²) in [5.41, 5.74) is 0.891. The number of hydrogen-bond acceptors (Lipinski definition) is 10. The molecule has 206 valence electrons. The van der Waals surface area contributed by atoms with Crippen LogP contribution in [0, 0.1) is 5.92 Å². The van der Waals surface area contributed by atoms with E-state index < -0.39 is 17.2 Å². The summed E-state index contributed by atoms with van der Waals surface area (Å²) < 4.78 is 10.9. The lowest BCUT2D eigenvalue weighted by molar-refractivity contribution is -0.134. The molecule has 1 unspecified atom stereocenters. The lowest BCUT2D eigenvalue weighted by atomic mass is 9.92. The summed E-state index contributed by atoms with van der Waals surface area (Å²) in [6.45, 7) is 7.57. The molecular formula is C28H33N5O6. The minimum atomic E-state index is -0.778. The molecule has 2 saturated heterocycles. The minimum Gasteiger partial charge on any atom is -0.449 e. The maximum absolute atomic E-state index is 13.7. The second-order valence-corrected chi connectivity index (χ2v) is 11.2. The van der Waals surface area contributed by atoms with Gasteiger partial charge in [-0.1, -0.05) is 19.9 Å². The first kappa shape index (κ1) is 25.5. The van der Waals surface area contributed by atoms with Crippen molar-refractivity contribution in [2.24, 2.45) is 5.92 Å². The van der Waals surface area contributed by atoms with E-state index in [0.717, 1.165) is 29.8 Å². The zero-order valence-electron chi connectivity index (χ0n) is 22.3. The van der Waals surface area contributed by atoms with Crippen LogP contribution in [0.2, 0.25) is 0 Å². The number of amides is 1. The van der Waals surface area contributed by atoms with Crippen molar-refractivity contribution in [3.05, 3.63) is 53.5 Å². The summed E-state index contributed by atoms with van der Waals surface area (Å²) in [5, 5.41) is 1.62. The first-order chi connectivity index (χ1) is 18.8. The number of carbonyl (C=O) groups is 3. The van der Waals surface area contributed by atoms with E-state index in [4.69, 9.17) is 19.3 Å². The van der Waals surface area contributed by atoms with Crippen LogP contribution in [0.4, 0.5) is 10.6 Å². The molecule has 0 N–H and O–H groups in total. The molecule has 3 fully saturated rings. The third-order valence-electron chi connectivity index (χ3n) is 8.10. The van der Waals surface area contributed by atoms with Gasteiger partial charge in [-0.05, 0) is 36.5 Å². The molecule has 6 rings (SSSR count). The molecule has 11 heteroatoms. The van der Waals surface area contributed by atoms with Gasteiger partial charge in [0.2, 0.25) is 5.91 Å². The van der Waals surface area contributed by atoms with E-state index in [1.54, 1.807) is 17.5 Å². The summed E-state index contributed by atoms with van der Waals surface area (Å²) in [6, 6.07) is 5.79. The first-order valence-corrected chi connectivity index (χ1v) is 13.6. The Morgan fingerprint density at radius 1 is 1.05 bits per heavy atom. The Balaban J connectivity index is 1.06. The van der Waals surface area contributed by atoms with Crippen molar-refractivity contribution in [2.45, 2.75) is 44.1 Å². The number of aromatic nitrogens is 2. The number of carbonyl (C=O) groups excluding carboxylic acids is 3. The van der Waals surface area contributed by atoms with Crippen molar-refractivity contribution >= 4 is 23.8 Å². The topological polar surface area (TPSA) is 114 Å². The number of hydrogen-bond donors (Lipinski definition) is 0. The van der Waals surface area contributed by atoms with Crippen molar-refractivity contribution in [3.8, 4) is 0 Å². The molecule has 0 bridgehead atoms. The van der Waals surface area contributed by atoms with Crippen molar-refractivity contribution in [1.82, 2.24) is 19.9 Å². The third kappa shape index (κ3) is 4.69. The summed E-state index contributed by atoms with van der Waals surface area (Å²) in [7, 11) is 0. The highest BCUT2D eigenvalue weighted by atomic mass is 16.8. The monoisotopic (exact) mass is 535 g/mol. The number of pyridine rings is 2. The fourth-order valence-electron chi connectivity index (χ4n) is 5.79. The Hall–Kier alpha value is -3.73. The van der Waals surface area contributed by atoms with Crippen LogP contribution in [0.3, 0.4) is 0 Å². The molecule has 1 aliphatic carbocycles. The number of esters is 1. The van der Waals surface area contributed by atoms with E-state index in [2.05, 4.69) is 9.88 Å². The normalized spacial score (nSPS) is 23.6. The van der Waals surface area contributed by atoms with E-state index >= 15 is 0 Å². The van der Waals surface area contributed by atoms with Gasteiger partial charge in [0.1, 0.15) is 5.82 Å². The molecule has 1 atom stereocenters. The van der Waals surface area contributed by atoms with Gasteiger partial charge in [0.25, 0.3) is 0 Å². The molecular weight excluding hydrogens is 502 g/mol. The average Bonchev–Trinajstić information content (AvgIpc) is 3.58. The summed E-state index contributed by atoms with van der Waals surface area (Å²) in [6.07, 6.45) is 6.49. The molecule has 2 aromatic heterocycles. The van der Waals surface area contributed by atoms with Crippen LogP contribution in [0.15, 0.2) is 36.8 Å². The van der Waals surface area contributed by atoms with Crippen LogP contribution in [-0.4, -0.2) is 83.8 Å². The van der Waals surface area contributed by atoms with Crippen molar-refractivity contribution in [2.75, 3.05) is 50.8 Å². The number of ether oxygens (including phenoxy) is 2. The first-order valence-electron chi connectivity index (χ1n) is 13.6. The molecule has 1 spiro atoms. The van der Waals surface area contributed by atoms with Gasteiger partial charge in [-0.15, -0.1) is 5.06 Å². The zero-order valence-corrected chi connectivity index (χ0v) is 22.3. The average molecular weight is 536 g/mol. The SMILES string of the molecule is CC(C)COC(=O)ON1CCN(c2ccc(C3(C(=O)N4CCC5(C4)OC(=O)c4cnccc45)CC3)cn2)CC1. The van der Waals surface area contributed by atoms with Crippen molar-refractivity contribution in [1.29, 1.82) is 0 Å². The molecule has 1 amide bonds. The Bertz CT molecular complexity index is 1270. The Kier molecular flexibility index (Phi) is 6.41. The minimum absolute atomic E-state index is 0.0718. The van der Waals surface area contributed by atoms with Crippen molar-refractivity contribution < 1.29 is 28.7 Å². The number of rotatable bonds is 6. The second kappa shape index (κ2) is 9.78. The smallest absolute Gasteiger partial charge is 0.449 e. The number of likely N-dealkylation sites (tertiary alicyclic amines) is 1. The largest absolute Gasteiger partial charge is 0.527 e. The van der Waals surface area contributed by atoms with Crippen LogP contribution in [0.5, 0.6) is 0 Å². The van der Waals surface area contributed by atoms with Crippen LogP contribution in [0.25, 0.3) is 0 Å². The maximum Gasteiger partial charge on any atom is 0.527 e. The van der Waals surface area contributed by atoms with Crippen LogP contribution < -0.4 is 4.90 Å². The lowest BCUT2D eigenvalue weighted by Crippen LogP contribution is -2.47. The number of fused-ring (bicyclic) bond motifs is 2.